The third-order valence-corrected chi connectivity index (χ3v) is 5.90. The molecule has 7 N–H and O–H groups in total. The number of rotatable bonds is 39. The molecule has 0 radical (unpaired) electrons. The maximum Gasteiger partial charge on any atom is 0.305 e. The maximum absolute atomic E-state index is 10.3. The van der Waals surface area contributed by atoms with Crippen LogP contribution >= 0.6 is 0 Å². The quantitative estimate of drug-likeness (QED) is 0.0412. The zero-order valence-electron chi connectivity index (χ0n) is 26.9. The Morgan fingerprint density at radius 3 is 1.23 bits per heavy atom. The van der Waals surface area contributed by atoms with Gasteiger partial charge in [-0.1, -0.05) is 0 Å². The fraction of sp³-hybridized carbons (Fsp3) is 0.966. The molecule has 0 aliphatic rings. The van der Waals surface area contributed by atoms with E-state index in [1.807, 2.05) is 7.05 Å². The molecule has 0 bridgehead atoms. The summed E-state index contributed by atoms with van der Waals surface area (Å²) in [5.74, 6) is -0.858. The minimum Gasteiger partial charge on any atom is -0.481 e. The van der Waals surface area contributed by atoms with Crippen molar-refractivity contribution in [2.75, 3.05) is 158 Å². The molecule has 0 aromatic rings. The summed E-state index contributed by atoms with van der Waals surface area (Å²) in [6.07, 6.45) is 3.47. The monoisotopic (exact) mass is 624 g/mol. The van der Waals surface area contributed by atoms with E-state index in [-0.39, 0.29) is 13.0 Å². The van der Waals surface area contributed by atoms with Gasteiger partial charge in [-0.15, -0.1) is 0 Å². The Kier molecular flexibility index (Phi) is 38.1. The van der Waals surface area contributed by atoms with Crippen LogP contribution in [0.4, 0.5) is 0 Å². The van der Waals surface area contributed by atoms with Crippen LogP contribution in [0.1, 0.15) is 25.7 Å². The first-order chi connectivity index (χ1) is 21.3. The average molecular weight is 625 g/mol. The number of unbranched alkanes of at least 4 members (excludes halogenated alkanes) is 1. The van der Waals surface area contributed by atoms with Crippen LogP contribution in [0.2, 0.25) is 0 Å². The number of hydrogen-bond acceptors (Lipinski definition) is 13. The molecule has 0 heterocycles. The van der Waals surface area contributed by atoms with Crippen molar-refractivity contribution in [2.45, 2.75) is 25.7 Å². The molecule has 0 spiro atoms. The Bertz CT molecular complexity index is 543. The first-order valence-corrected chi connectivity index (χ1v) is 16.1. The van der Waals surface area contributed by atoms with E-state index >= 15 is 0 Å². The second-order valence-corrected chi connectivity index (χ2v) is 9.73. The van der Waals surface area contributed by atoms with Gasteiger partial charge in [0.25, 0.3) is 0 Å². The van der Waals surface area contributed by atoms with Gasteiger partial charge in [0, 0.05) is 59.0 Å². The molecule has 0 amide bonds. The van der Waals surface area contributed by atoms with Crippen molar-refractivity contribution in [3.05, 3.63) is 0 Å². The van der Waals surface area contributed by atoms with Gasteiger partial charge in [-0.05, 0) is 45.9 Å². The van der Waals surface area contributed by atoms with Crippen molar-refractivity contribution < 1.29 is 38.3 Å². The molecule has 14 heteroatoms. The highest BCUT2D eigenvalue weighted by Crippen LogP contribution is 1.86. The maximum atomic E-state index is 10.3. The van der Waals surface area contributed by atoms with E-state index in [1.54, 1.807) is 0 Å². The number of aliphatic carboxylic acids is 1. The van der Waals surface area contributed by atoms with Crippen molar-refractivity contribution in [3.63, 3.8) is 0 Å². The predicted octanol–water partition coefficient (Wildman–Crippen LogP) is -1.10. The first-order valence-electron chi connectivity index (χ1n) is 16.1. The van der Waals surface area contributed by atoms with Crippen LogP contribution in [-0.4, -0.2) is 169 Å². The van der Waals surface area contributed by atoms with Crippen molar-refractivity contribution >= 4 is 5.97 Å². The van der Waals surface area contributed by atoms with E-state index in [0.29, 0.717) is 66.1 Å². The highest BCUT2D eigenvalue weighted by Gasteiger charge is 1.97. The molecule has 0 saturated heterocycles. The Morgan fingerprint density at radius 1 is 0.419 bits per heavy atom. The molecule has 0 atom stereocenters. The molecule has 258 valence electrons. The van der Waals surface area contributed by atoms with Crippen LogP contribution in [0.3, 0.4) is 0 Å². The molecule has 0 aromatic carbocycles. The summed E-state index contributed by atoms with van der Waals surface area (Å²) in [6.45, 7) is 16.9. The lowest BCUT2D eigenvalue weighted by Gasteiger charge is -2.09. The number of carbonyl (C=O) groups is 1. The molecule has 43 heavy (non-hydrogen) atoms. The van der Waals surface area contributed by atoms with Crippen LogP contribution in [0.25, 0.3) is 0 Å². The molecule has 0 saturated carbocycles. The summed E-state index contributed by atoms with van der Waals surface area (Å²) < 4.78 is 32.7. The Morgan fingerprint density at radius 2 is 0.767 bits per heavy atom. The third kappa shape index (κ3) is 41.0. The smallest absolute Gasteiger partial charge is 0.305 e. The number of ether oxygens (including phenoxy) is 6. The molecule has 0 aliphatic heterocycles. The first kappa shape index (κ1) is 42.0. The standard InChI is InChI=1S/C29H64N6O8/c1-30-6-2-3-7-31-9-10-32-8-4-17-38-21-25-42-27-23-40-19-15-34-13-11-33-12-14-35-16-20-41-24-28-43-26-22-39-18-5-29(36)37/h30-35H,2-28H2,1H3,(H,36,37). The van der Waals surface area contributed by atoms with Gasteiger partial charge < -0.3 is 65.4 Å². The molecule has 0 unspecified atom stereocenters. The number of carboxylic acid groups (broad SMARTS) is 1. The number of nitrogens with one attached hydrogen (secondary N) is 6. The van der Waals surface area contributed by atoms with E-state index in [2.05, 4.69) is 31.9 Å². The van der Waals surface area contributed by atoms with Crippen molar-refractivity contribution in [1.29, 1.82) is 0 Å². The summed E-state index contributed by atoms with van der Waals surface area (Å²) >= 11 is 0. The summed E-state index contributed by atoms with van der Waals surface area (Å²) in [4.78, 5) is 10.3. The van der Waals surface area contributed by atoms with Crippen LogP contribution in [0.15, 0.2) is 0 Å². The largest absolute Gasteiger partial charge is 0.481 e. The molecule has 0 aliphatic carbocycles. The van der Waals surface area contributed by atoms with Crippen LogP contribution in [0.5, 0.6) is 0 Å². The van der Waals surface area contributed by atoms with Gasteiger partial charge in [-0.3, -0.25) is 4.79 Å². The summed E-state index contributed by atoms with van der Waals surface area (Å²) in [7, 11) is 1.99. The van der Waals surface area contributed by atoms with Gasteiger partial charge in [-0.25, -0.2) is 0 Å². The fourth-order valence-corrected chi connectivity index (χ4v) is 3.54. The predicted molar refractivity (Wildman–Crippen MR) is 169 cm³/mol. The summed E-state index contributed by atoms with van der Waals surface area (Å²) in [5.41, 5.74) is 0. The van der Waals surface area contributed by atoms with Gasteiger partial charge >= 0.3 is 5.97 Å². The molecule has 0 fully saturated rings. The summed E-state index contributed by atoms with van der Waals surface area (Å²) in [6, 6.07) is 0. The van der Waals surface area contributed by atoms with Gasteiger partial charge in [0.05, 0.1) is 79.1 Å². The van der Waals surface area contributed by atoms with Gasteiger partial charge in [0.15, 0.2) is 0 Å². The Balaban J connectivity index is 3.03. The second-order valence-electron chi connectivity index (χ2n) is 9.73. The number of hydrogen-bond donors (Lipinski definition) is 7. The molecular formula is C29H64N6O8. The molecule has 0 rings (SSSR count). The van der Waals surface area contributed by atoms with Crippen LogP contribution < -0.4 is 31.9 Å². The minimum absolute atomic E-state index is 0.0167. The average Bonchev–Trinajstić information content (AvgIpc) is 3.00. The van der Waals surface area contributed by atoms with E-state index in [4.69, 9.17) is 33.5 Å². The molecule has 14 nitrogen and oxygen atoms in total. The zero-order valence-corrected chi connectivity index (χ0v) is 26.9. The van der Waals surface area contributed by atoms with Gasteiger partial charge in [-0.2, -0.15) is 0 Å². The SMILES string of the molecule is CNCCCCNCCNCCCOCCOCCOCCNCCNCCNCCOCCOCCOCCC(=O)O. The lowest BCUT2D eigenvalue weighted by molar-refractivity contribution is -0.138. The topological polar surface area (TPSA) is 165 Å². The van der Waals surface area contributed by atoms with E-state index in [1.165, 1.54) is 12.8 Å². The summed E-state index contributed by atoms with van der Waals surface area (Å²) in [5, 5.41) is 28.6. The Hall–Kier alpha value is -1.01. The van der Waals surface area contributed by atoms with Crippen LogP contribution in [-0.2, 0) is 33.2 Å². The zero-order chi connectivity index (χ0) is 31.2. The Labute approximate surface area is 260 Å². The van der Waals surface area contributed by atoms with Gasteiger partial charge in [0.2, 0.25) is 0 Å². The number of carboxylic acids is 1. The van der Waals surface area contributed by atoms with E-state index in [0.717, 1.165) is 85.0 Å². The minimum atomic E-state index is -0.858. The van der Waals surface area contributed by atoms with Gasteiger partial charge in [0.1, 0.15) is 0 Å². The fourth-order valence-electron chi connectivity index (χ4n) is 3.54. The molecule has 0 aromatic heterocycles. The highest BCUT2D eigenvalue weighted by molar-refractivity contribution is 5.66. The lowest BCUT2D eigenvalue weighted by atomic mass is 10.3. The molecular weight excluding hydrogens is 560 g/mol. The normalized spacial score (nSPS) is 11.5. The second kappa shape index (κ2) is 39.0. The van der Waals surface area contributed by atoms with Crippen molar-refractivity contribution in [2.24, 2.45) is 0 Å². The third-order valence-electron chi connectivity index (χ3n) is 5.90. The van der Waals surface area contributed by atoms with E-state index < -0.39 is 5.97 Å². The highest BCUT2D eigenvalue weighted by atomic mass is 16.5. The van der Waals surface area contributed by atoms with Crippen molar-refractivity contribution in [3.8, 4) is 0 Å². The lowest BCUT2D eigenvalue weighted by Crippen LogP contribution is -2.34. The van der Waals surface area contributed by atoms with Crippen LogP contribution in [0, 0.1) is 0 Å². The van der Waals surface area contributed by atoms with Crippen molar-refractivity contribution in [1.82, 2.24) is 31.9 Å². The van der Waals surface area contributed by atoms with E-state index in [9.17, 15) is 4.79 Å².